The molecule has 112 valence electrons. The second kappa shape index (κ2) is 5.98. The van der Waals surface area contributed by atoms with E-state index in [-0.39, 0.29) is 5.56 Å². The van der Waals surface area contributed by atoms with E-state index in [0.29, 0.717) is 6.04 Å². The molecular formula is C17H23N3O. The number of benzene rings is 1. The molecule has 1 aromatic carbocycles. The van der Waals surface area contributed by atoms with E-state index in [1.807, 2.05) is 25.1 Å². The van der Waals surface area contributed by atoms with Crippen molar-refractivity contribution in [3.05, 3.63) is 40.4 Å². The molecule has 2 aromatic rings. The Kier molecular flexibility index (Phi) is 4.06. The van der Waals surface area contributed by atoms with Gasteiger partial charge in [0.15, 0.2) is 0 Å². The van der Waals surface area contributed by atoms with Gasteiger partial charge in [-0.3, -0.25) is 9.36 Å². The topological polar surface area (TPSA) is 38.1 Å². The standard InChI is InChI=1S/C17H23N3O/c1-13-6-7-15-16(11-13)18-12-20(17(15)21)10-8-14-5-3-4-9-19(14)2/h6-7,11-12,14H,3-5,8-10H2,1-2H3/t14-/m0/s1. The second-order valence-electron chi connectivity index (χ2n) is 6.18. The fraction of sp³-hybridized carbons (Fsp3) is 0.529. The van der Waals surface area contributed by atoms with E-state index >= 15 is 0 Å². The SMILES string of the molecule is Cc1ccc2c(=O)n(CC[C@@H]3CCCCN3C)cnc2c1. The van der Waals surface area contributed by atoms with Gasteiger partial charge in [-0.25, -0.2) is 4.98 Å². The molecule has 0 radical (unpaired) electrons. The van der Waals surface area contributed by atoms with Crippen LogP contribution in [0.2, 0.25) is 0 Å². The molecule has 1 aromatic heterocycles. The fourth-order valence-electron chi connectivity index (χ4n) is 3.22. The zero-order valence-electron chi connectivity index (χ0n) is 12.9. The van der Waals surface area contributed by atoms with Crippen LogP contribution in [0.5, 0.6) is 0 Å². The summed E-state index contributed by atoms with van der Waals surface area (Å²) in [5.74, 6) is 0. The van der Waals surface area contributed by atoms with Gasteiger partial charge < -0.3 is 4.90 Å². The Balaban J connectivity index is 1.79. The molecule has 0 saturated carbocycles. The van der Waals surface area contributed by atoms with E-state index in [1.54, 1.807) is 10.9 Å². The average molecular weight is 285 g/mol. The Morgan fingerprint density at radius 1 is 1.33 bits per heavy atom. The molecular weight excluding hydrogens is 262 g/mol. The predicted octanol–water partition coefficient (Wildman–Crippen LogP) is 2.58. The van der Waals surface area contributed by atoms with Crippen LogP contribution < -0.4 is 5.56 Å². The van der Waals surface area contributed by atoms with E-state index in [4.69, 9.17) is 0 Å². The molecule has 21 heavy (non-hydrogen) atoms. The molecule has 1 aliphatic heterocycles. The van der Waals surface area contributed by atoms with Crippen LogP contribution in [0, 0.1) is 6.92 Å². The first kappa shape index (κ1) is 14.3. The molecule has 4 heteroatoms. The van der Waals surface area contributed by atoms with Gasteiger partial charge in [0.2, 0.25) is 0 Å². The number of hydrogen-bond donors (Lipinski definition) is 0. The third-order valence-corrected chi connectivity index (χ3v) is 4.61. The summed E-state index contributed by atoms with van der Waals surface area (Å²) in [5, 5.41) is 0.722. The quantitative estimate of drug-likeness (QED) is 0.870. The Hall–Kier alpha value is -1.68. The predicted molar refractivity (Wildman–Crippen MR) is 85.6 cm³/mol. The van der Waals surface area contributed by atoms with Gasteiger partial charge in [-0.2, -0.15) is 0 Å². The number of piperidine rings is 1. The summed E-state index contributed by atoms with van der Waals surface area (Å²) >= 11 is 0. The maximum atomic E-state index is 12.5. The highest BCUT2D eigenvalue weighted by molar-refractivity contribution is 5.77. The molecule has 1 fully saturated rings. The maximum absolute atomic E-state index is 12.5. The minimum atomic E-state index is 0.0819. The first-order chi connectivity index (χ1) is 10.1. The summed E-state index contributed by atoms with van der Waals surface area (Å²) in [7, 11) is 2.19. The molecule has 0 unspecified atom stereocenters. The van der Waals surface area contributed by atoms with E-state index in [2.05, 4.69) is 16.9 Å². The van der Waals surface area contributed by atoms with Gasteiger partial charge in [0, 0.05) is 12.6 Å². The molecule has 1 aliphatic rings. The van der Waals surface area contributed by atoms with Crippen LogP contribution in [-0.4, -0.2) is 34.1 Å². The first-order valence-electron chi connectivity index (χ1n) is 7.81. The molecule has 0 N–H and O–H groups in total. The van der Waals surface area contributed by atoms with Crippen molar-refractivity contribution in [1.82, 2.24) is 14.5 Å². The Bertz CT molecular complexity index is 692. The largest absolute Gasteiger partial charge is 0.303 e. The van der Waals surface area contributed by atoms with Crippen LogP contribution >= 0.6 is 0 Å². The van der Waals surface area contributed by atoms with E-state index in [1.165, 1.54) is 25.8 Å². The van der Waals surface area contributed by atoms with E-state index in [0.717, 1.165) is 29.4 Å². The lowest BCUT2D eigenvalue weighted by Crippen LogP contribution is -2.37. The number of nitrogens with zero attached hydrogens (tertiary/aromatic N) is 3. The van der Waals surface area contributed by atoms with Gasteiger partial charge in [-0.1, -0.05) is 12.5 Å². The van der Waals surface area contributed by atoms with Crippen LogP contribution in [-0.2, 0) is 6.54 Å². The Labute approximate surface area is 125 Å². The van der Waals surface area contributed by atoms with Crippen molar-refractivity contribution in [3.8, 4) is 0 Å². The number of aromatic nitrogens is 2. The first-order valence-corrected chi connectivity index (χ1v) is 7.81. The van der Waals surface area contributed by atoms with Gasteiger partial charge >= 0.3 is 0 Å². The summed E-state index contributed by atoms with van der Waals surface area (Å²) < 4.78 is 1.76. The number of hydrogen-bond acceptors (Lipinski definition) is 3. The monoisotopic (exact) mass is 285 g/mol. The molecule has 2 heterocycles. The van der Waals surface area contributed by atoms with Crippen LogP contribution in [0.1, 0.15) is 31.2 Å². The molecule has 1 atom stereocenters. The lowest BCUT2D eigenvalue weighted by molar-refractivity contribution is 0.170. The summed E-state index contributed by atoms with van der Waals surface area (Å²) in [6.45, 7) is 3.95. The highest BCUT2D eigenvalue weighted by atomic mass is 16.1. The van der Waals surface area contributed by atoms with Gasteiger partial charge in [0.05, 0.1) is 17.2 Å². The Morgan fingerprint density at radius 3 is 3.00 bits per heavy atom. The maximum Gasteiger partial charge on any atom is 0.261 e. The van der Waals surface area contributed by atoms with Gasteiger partial charge in [0.1, 0.15) is 0 Å². The zero-order chi connectivity index (χ0) is 14.8. The van der Waals surface area contributed by atoms with Gasteiger partial charge in [-0.05, 0) is 57.5 Å². The minimum absolute atomic E-state index is 0.0819. The van der Waals surface area contributed by atoms with Crippen molar-refractivity contribution >= 4 is 10.9 Å². The normalized spacial score (nSPS) is 20.0. The second-order valence-corrected chi connectivity index (χ2v) is 6.18. The van der Waals surface area contributed by atoms with E-state index < -0.39 is 0 Å². The van der Waals surface area contributed by atoms with Crippen molar-refractivity contribution in [3.63, 3.8) is 0 Å². The summed E-state index contributed by atoms with van der Waals surface area (Å²) in [6.07, 6.45) is 6.57. The van der Waals surface area contributed by atoms with Crippen LogP contribution in [0.4, 0.5) is 0 Å². The lowest BCUT2D eigenvalue weighted by Gasteiger charge is -2.32. The number of likely N-dealkylation sites (tertiary alicyclic amines) is 1. The molecule has 0 bridgehead atoms. The highest BCUT2D eigenvalue weighted by Crippen LogP contribution is 2.18. The van der Waals surface area contributed by atoms with Crippen molar-refractivity contribution < 1.29 is 0 Å². The molecule has 3 rings (SSSR count). The van der Waals surface area contributed by atoms with Crippen molar-refractivity contribution in [2.24, 2.45) is 0 Å². The molecule has 0 spiro atoms. The van der Waals surface area contributed by atoms with E-state index in [9.17, 15) is 4.79 Å². The van der Waals surface area contributed by atoms with Crippen LogP contribution in [0.15, 0.2) is 29.3 Å². The Morgan fingerprint density at radius 2 is 2.19 bits per heavy atom. The van der Waals surface area contributed by atoms with Gasteiger partial charge in [-0.15, -0.1) is 0 Å². The summed E-state index contributed by atoms with van der Waals surface area (Å²) in [4.78, 5) is 19.4. The number of rotatable bonds is 3. The number of aryl methyl sites for hydroxylation is 2. The van der Waals surface area contributed by atoms with Crippen molar-refractivity contribution in [1.29, 1.82) is 0 Å². The molecule has 1 saturated heterocycles. The van der Waals surface area contributed by atoms with Crippen molar-refractivity contribution in [2.45, 2.75) is 45.2 Å². The highest BCUT2D eigenvalue weighted by Gasteiger charge is 2.18. The van der Waals surface area contributed by atoms with Crippen molar-refractivity contribution in [2.75, 3.05) is 13.6 Å². The molecule has 4 nitrogen and oxygen atoms in total. The summed E-state index contributed by atoms with van der Waals surface area (Å²) in [6, 6.07) is 6.43. The lowest BCUT2D eigenvalue weighted by atomic mass is 10.0. The zero-order valence-corrected chi connectivity index (χ0v) is 12.9. The minimum Gasteiger partial charge on any atom is -0.303 e. The van der Waals surface area contributed by atoms with Gasteiger partial charge in [0.25, 0.3) is 5.56 Å². The summed E-state index contributed by atoms with van der Waals surface area (Å²) in [5.41, 5.74) is 2.01. The number of fused-ring (bicyclic) bond motifs is 1. The molecule has 0 aliphatic carbocycles. The third kappa shape index (κ3) is 3.00. The van der Waals surface area contributed by atoms with Crippen LogP contribution in [0.3, 0.4) is 0 Å². The fourth-order valence-corrected chi connectivity index (χ4v) is 3.22. The molecule has 0 amide bonds. The van der Waals surface area contributed by atoms with Crippen LogP contribution in [0.25, 0.3) is 10.9 Å². The smallest absolute Gasteiger partial charge is 0.261 e. The third-order valence-electron chi connectivity index (χ3n) is 4.61. The average Bonchev–Trinajstić information content (AvgIpc) is 2.48.